The number of thiocarbonyl (C=S) groups is 1. The lowest BCUT2D eigenvalue weighted by Gasteiger charge is -2.06. The summed E-state index contributed by atoms with van der Waals surface area (Å²) in [4.78, 5) is 11.0. The number of hydrogen-bond donors (Lipinski definition) is 2. The summed E-state index contributed by atoms with van der Waals surface area (Å²) in [6.07, 6.45) is 1.45. The fraction of sp³-hybridized carbons (Fsp3) is 0.0714. The highest BCUT2D eigenvalue weighted by Crippen LogP contribution is 2.26. The number of nitrogens with one attached hydrogen (secondary N) is 2. The van der Waals surface area contributed by atoms with Crippen LogP contribution in [-0.4, -0.2) is 24.3 Å². The highest BCUT2D eigenvalue weighted by Gasteiger charge is 2.08. The van der Waals surface area contributed by atoms with Crippen molar-refractivity contribution in [2.45, 2.75) is 0 Å². The predicted molar refractivity (Wildman–Crippen MR) is 85.9 cm³/mol. The van der Waals surface area contributed by atoms with Gasteiger partial charge in [0.25, 0.3) is 0 Å². The normalized spacial score (nSPS) is 10.6. The van der Waals surface area contributed by atoms with Gasteiger partial charge >= 0.3 is 0 Å². The van der Waals surface area contributed by atoms with Gasteiger partial charge in [0.05, 0.1) is 12.2 Å². The topological polar surface area (TPSA) is 89.7 Å². The van der Waals surface area contributed by atoms with Crippen LogP contribution >= 0.6 is 23.8 Å². The van der Waals surface area contributed by atoms with Crippen molar-refractivity contribution >= 4 is 41.1 Å². The summed E-state index contributed by atoms with van der Waals surface area (Å²) in [5.41, 5.74) is 3.07. The second kappa shape index (κ2) is 7.06. The maximum absolute atomic E-state index is 11.0. The third-order valence-corrected chi connectivity index (χ3v) is 3.31. The molecule has 0 aliphatic rings. The van der Waals surface area contributed by atoms with Crippen LogP contribution in [0.5, 0.6) is 0 Å². The van der Waals surface area contributed by atoms with Crippen LogP contribution in [0.25, 0.3) is 11.3 Å². The van der Waals surface area contributed by atoms with E-state index in [0.29, 0.717) is 22.2 Å². The van der Waals surface area contributed by atoms with Crippen molar-refractivity contribution in [3.05, 3.63) is 46.7 Å². The number of carbonyl (C=O) groups is 1. The number of furan rings is 1. The van der Waals surface area contributed by atoms with Crippen LogP contribution in [0.4, 0.5) is 0 Å². The van der Waals surface area contributed by atoms with E-state index in [0.717, 1.165) is 0 Å². The van der Waals surface area contributed by atoms with Gasteiger partial charge in [-0.2, -0.15) is 5.10 Å². The van der Waals surface area contributed by atoms with E-state index in [1.165, 1.54) is 18.3 Å². The number of carboxylic acids is 1. The van der Waals surface area contributed by atoms with Crippen LogP contribution in [0.15, 0.2) is 39.9 Å². The molecule has 0 spiro atoms. The van der Waals surface area contributed by atoms with E-state index < -0.39 is 5.97 Å². The van der Waals surface area contributed by atoms with Crippen LogP contribution in [0.2, 0.25) is 5.02 Å². The second-order valence-electron chi connectivity index (χ2n) is 4.13. The molecule has 0 fully saturated rings. The average Bonchev–Trinajstić information content (AvgIpc) is 2.96. The van der Waals surface area contributed by atoms with Gasteiger partial charge in [-0.3, -0.25) is 5.43 Å². The molecule has 0 saturated heterocycles. The van der Waals surface area contributed by atoms with Crippen molar-refractivity contribution in [1.29, 1.82) is 0 Å². The molecule has 0 amide bonds. The molecule has 0 atom stereocenters. The molecule has 0 radical (unpaired) electrons. The number of aromatic carboxylic acids is 1. The molecule has 0 saturated carbocycles. The van der Waals surface area contributed by atoms with Gasteiger partial charge in [-0.15, -0.1) is 0 Å². The fourth-order valence-corrected chi connectivity index (χ4v) is 1.87. The SMILES string of the molecule is CNC(=S)N/N=C\c1ccc(-c2ccc(Cl)c(C(=O)[O-])c2)o1. The van der Waals surface area contributed by atoms with Crippen molar-refractivity contribution in [3.8, 4) is 11.3 Å². The smallest absolute Gasteiger partial charge is 0.186 e. The van der Waals surface area contributed by atoms with Gasteiger partial charge < -0.3 is 19.6 Å². The number of carbonyl (C=O) groups excluding carboxylic acids is 1. The molecule has 2 rings (SSSR count). The number of halogens is 1. The summed E-state index contributed by atoms with van der Waals surface area (Å²) in [7, 11) is 1.67. The van der Waals surface area contributed by atoms with E-state index in [1.54, 1.807) is 25.2 Å². The van der Waals surface area contributed by atoms with Crippen molar-refractivity contribution in [2.75, 3.05) is 7.05 Å². The molecule has 2 N–H and O–H groups in total. The lowest BCUT2D eigenvalue weighted by atomic mass is 10.1. The van der Waals surface area contributed by atoms with Crippen molar-refractivity contribution in [2.24, 2.45) is 5.10 Å². The Labute approximate surface area is 136 Å². The Balaban J connectivity index is 2.19. The van der Waals surface area contributed by atoms with Crippen LogP contribution in [0.3, 0.4) is 0 Å². The van der Waals surface area contributed by atoms with E-state index in [-0.39, 0.29) is 10.6 Å². The van der Waals surface area contributed by atoms with E-state index in [2.05, 4.69) is 15.8 Å². The molecule has 1 aromatic heterocycles. The highest BCUT2D eigenvalue weighted by molar-refractivity contribution is 7.80. The standard InChI is InChI=1S/C14H12ClN3O3S/c1-16-14(22)18-17-7-9-3-5-12(21-9)8-2-4-11(15)10(6-8)13(19)20/h2-7H,1H3,(H,19,20)(H2,16,18,22)/p-1/b17-7-. The molecule has 114 valence electrons. The third kappa shape index (κ3) is 3.84. The molecule has 0 unspecified atom stereocenters. The first-order valence-corrected chi connectivity index (χ1v) is 6.92. The third-order valence-electron chi connectivity index (χ3n) is 2.68. The minimum absolute atomic E-state index is 0.0909. The first kappa shape index (κ1) is 16.0. The summed E-state index contributed by atoms with van der Waals surface area (Å²) in [6, 6.07) is 7.91. The molecule has 0 aliphatic heterocycles. The predicted octanol–water partition coefficient (Wildman–Crippen LogP) is 1.39. The molecular formula is C14H11ClN3O3S-. The van der Waals surface area contributed by atoms with Crippen LogP contribution in [0, 0.1) is 0 Å². The van der Waals surface area contributed by atoms with Crippen molar-refractivity contribution in [3.63, 3.8) is 0 Å². The molecule has 22 heavy (non-hydrogen) atoms. The molecular weight excluding hydrogens is 326 g/mol. The van der Waals surface area contributed by atoms with Gasteiger partial charge in [-0.1, -0.05) is 11.6 Å². The number of nitrogens with zero attached hydrogens (tertiary/aromatic N) is 1. The Hall–Kier alpha value is -2.38. The van der Waals surface area contributed by atoms with E-state index in [9.17, 15) is 9.90 Å². The summed E-state index contributed by atoms with van der Waals surface area (Å²) in [5, 5.41) is 18.0. The Bertz CT molecular complexity index is 743. The van der Waals surface area contributed by atoms with E-state index in [1.807, 2.05) is 0 Å². The Morgan fingerprint density at radius 3 is 2.86 bits per heavy atom. The molecule has 1 heterocycles. The minimum atomic E-state index is -1.34. The van der Waals surface area contributed by atoms with Crippen molar-refractivity contribution < 1.29 is 14.3 Å². The zero-order valence-electron chi connectivity index (χ0n) is 11.4. The average molecular weight is 337 g/mol. The number of hydrazone groups is 1. The zero-order valence-corrected chi connectivity index (χ0v) is 13.0. The van der Waals surface area contributed by atoms with Gasteiger partial charge in [0.15, 0.2) is 5.11 Å². The Morgan fingerprint density at radius 1 is 1.41 bits per heavy atom. The first-order valence-electron chi connectivity index (χ1n) is 6.13. The summed E-state index contributed by atoms with van der Waals surface area (Å²) < 4.78 is 5.55. The molecule has 6 nitrogen and oxygen atoms in total. The molecule has 8 heteroatoms. The summed E-state index contributed by atoms with van der Waals surface area (Å²) in [6.45, 7) is 0. The van der Waals surface area contributed by atoms with Crippen LogP contribution < -0.4 is 15.8 Å². The molecule has 1 aromatic carbocycles. The number of rotatable bonds is 4. The van der Waals surface area contributed by atoms with Gasteiger partial charge in [-0.25, -0.2) is 0 Å². The monoisotopic (exact) mass is 336 g/mol. The lowest BCUT2D eigenvalue weighted by Crippen LogP contribution is -2.28. The van der Waals surface area contributed by atoms with Gasteiger partial charge in [0.1, 0.15) is 11.5 Å². The number of carboxylic acid groups (broad SMARTS) is 1. The lowest BCUT2D eigenvalue weighted by molar-refractivity contribution is -0.255. The van der Waals surface area contributed by atoms with Crippen molar-refractivity contribution in [1.82, 2.24) is 10.7 Å². The van der Waals surface area contributed by atoms with E-state index in [4.69, 9.17) is 28.2 Å². The quantitative estimate of drug-likeness (QED) is 0.498. The van der Waals surface area contributed by atoms with Gasteiger partial charge in [-0.05, 0) is 42.5 Å². The fourth-order valence-electron chi connectivity index (χ4n) is 1.62. The molecule has 2 aromatic rings. The van der Waals surface area contributed by atoms with Crippen LogP contribution in [0.1, 0.15) is 16.1 Å². The first-order chi connectivity index (χ1) is 10.5. The minimum Gasteiger partial charge on any atom is -0.545 e. The summed E-state index contributed by atoms with van der Waals surface area (Å²) in [5.74, 6) is -0.381. The number of benzene rings is 1. The number of hydrogen-bond acceptors (Lipinski definition) is 5. The maximum Gasteiger partial charge on any atom is 0.186 e. The van der Waals surface area contributed by atoms with Gasteiger partial charge in [0, 0.05) is 23.2 Å². The van der Waals surface area contributed by atoms with Gasteiger partial charge in [0.2, 0.25) is 0 Å². The molecule has 0 bridgehead atoms. The second-order valence-corrected chi connectivity index (χ2v) is 4.95. The molecule has 0 aliphatic carbocycles. The Morgan fingerprint density at radius 2 is 2.18 bits per heavy atom. The largest absolute Gasteiger partial charge is 0.545 e. The summed E-state index contributed by atoms with van der Waals surface area (Å²) >= 11 is 10.7. The zero-order chi connectivity index (χ0) is 16.1. The highest BCUT2D eigenvalue weighted by atomic mass is 35.5. The van der Waals surface area contributed by atoms with E-state index >= 15 is 0 Å². The Kier molecular flexibility index (Phi) is 5.13. The maximum atomic E-state index is 11.0. The van der Waals surface area contributed by atoms with Crippen LogP contribution in [-0.2, 0) is 0 Å².